The molecule has 1 aliphatic rings. The second kappa shape index (κ2) is 11.0. The van der Waals surface area contributed by atoms with E-state index in [1.807, 2.05) is 25.1 Å². The minimum atomic E-state index is -3.64. The van der Waals surface area contributed by atoms with Crippen molar-refractivity contribution >= 4 is 10.2 Å². The molecule has 0 atom stereocenters. The monoisotopic (exact) mass is 433 g/mol. The lowest BCUT2D eigenvalue weighted by Gasteiger charge is -2.29. The number of halogens is 1. The van der Waals surface area contributed by atoms with Crippen LogP contribution in [0.2, 0.25) is 0 Å². The molecule has 0 bridgehead atoms. The number of allylic oxidation sites excluding steroid dienone is 1. The molecule has 162 valence electrons. The largest absolute Gasteiger partial charge is 0.282 e. The second-order valence-electron chi connectivity index (χ2n) is 7.21. The first-order valence-electron chi connectivity index (χ1n) is 9.79. The van der Waals surface area contributed by atoms with Gasteiger partial charge in [-0.15, -0.1) is 6.58 Å². The molecular formula is C21H28FN5O2S. The summed E-state index contributed by atoms with van der Waals surface area (Å²) in [6.45, 7) is 5.07. The van der Waals surface area contributed by atoms with E-state index in [9.17, 15) is 12.8 Å². The molecule has 1 aromatic carbocycles. The minimum Gasteiger partial charge on any atom is -0.282 e. The lowest BCUT2D eigenvalue weighted by atomic mass is 9.84. The van der Waals surface area contributed by atoms with Crippen LogP contribution in [0.3, 0.4) is 0 Å². The van der Waals surface area contributed by atoms with Gasteiger partial charge in [0.25, 0.3) is 10.2 Å². The Kier molecular flexibility index (Phi) is 8.72. The highest BCUT2D eigenvalue weighted by atomic mass is 32.2. The molecule has 0 aliphatic heterocycles. The first-order chi connectivity index (χ1) is 14.3. The summed E-state index contributed by atoms with van der Waals surface area (Å²) in [6, 6.07) is 9.93. The molecule has 0 unspecified atom stereocenters. The molecule has 1 heterocycles. The summed E-state index contributed by atoms with van der Waals surface area (Å²) in [6.07, 6.45) is 4.80. The smallest absolute Gasteiger partial charge is 0.280 e. The van der Waals surface area contributed by atoms with Gasteiger partial charge in [-0.25, -0.2) is 4.39 Å². The van der Waals surface area contributed by atoms with Crippen molar-refractivity contribution in [2.75, 3.05) is 13.6 Å². The highest BCUT2D eigenvalue weighted by Crippen LogP contribution is 2.33. The SMILES string of the molecule is C=CC.CN(CC#N)S(=O)(=O)NC1CCC(c2cc(-c3cccc(F)c3)n[nH]2)CC1. The summed E-state index contributed by atoms with van der Waals surface area (Å²) < 4.78 is 41.4. The van der Waals surface area contributed by atoms with Crippen molar-refractivity contribution in [2.45, 2.75) is 44.6 Å². The standard InChI is InChI=1S/C18H22FN5O2S.C3H6/c1-24(10-9-20)27(25,26)23-16-7-5-13(6-8-16)17-12-18(22-21-17)14-3-2-4-15(19)11-14;1-3-2/h2-4,11-13,16,23H,5-8,10H2,1H3,(H,21,22);3H,1H2,2H3. The Hall–Kier alpha value is -2.54. The topological polar surface area (TPSA) is 102 Å². The van der Waals surface area contributed by atoms with E-state index in [-0.39, 0.29) is 24.3 Å². The van der Waals surface area contributed by atoms with Gasteiger partial charge < -0.3 is 0 Å². The van der Waals surface area contributed by atoms with Gasteiger partial charge in [-0.3, -0.25) is 5.10 Å². The van der Waals surface area contributed by atoms with Crippen LogP contribution in [0, 0.1) is 17.1 Å². The number of benzene rings is 1. The van der Waals surface area contributed by atoms with Gasteiger partial charge in [0, 0.05) is 30.3 Å². The first-order valence-corrected chi connectivity index (χ1v) is 11.2. The highest BCUT2D eigenvalue weighted by molar-refractivity contribution is 7.87. The molecule has 0 saturated heterocycles. The Bertz CT molecular complexity index is 975. The number of nitriles is 1. The molecule has 9 heteroatoms. The van der Waals surface area contributed by atoms with Crippen LogP contribution in [0.1, 0.15) is 44.2 Å². The summed E-state index contributed by atoms with van der Waals surface area (Å²) in [5.74, 6) is -0.0383. The van der Waals surface area contributed by atoms with Gasteiger partial charge in [0.15, 0.2) is 0 Å². The zero-order valence-electron chi connectivity index (χ0n) is 17.3. The molecule has 30 heavy (non-hydrogen) atoms. The molecule has 1 saturated carbocycles. The maximum Gasteiger partial charge on any atom is 0.280 e. The first kappa shape index (κ1) is 23.7. The summed E-state index contributed by atoms with van der Waals surface area (Å²) in [7, 11) is -2.25. The maximum atomic E-state index is 13.4. The molecule has 2 N–H and O–H groups in total. The average molecular weight is 434 g/mol. The average Bonchev–Trinajstić information content (AvgIpc) is 3.19. The van der Waals surface area contributed by atoms with Crippen LogP contribution in [0.25, 0.3) is 11.3 Å². The Balaban J connectivity index is 0.00000101. The lowest BCUT2D eigenvalue weighted by Crippen LogP contribution is -2.44. The van der Waals surface area contributed by atoms with Crippen LogP contribution >= 0.6 is 0 Å². The summed E-state index contributed by atoms with van der Waals surface area (Å²) in [4.78, 5) is 0. The van der Waals surface area contributed by atoms with Crippen LogP contribution in [-0.4, -0.2) is 42.6 Å². The van der Waals surface area contributed by atoms with Gasteiger partial charge in [0.2, 0.25) is 0 Å². The van der Waals surface area contributed by atoms with Crippen LogP contribution < -0.4 is 4.72 Å². The number of aromatic amines is 1. The minimum absolute atomic E-state index is 0.141. The fourth-order valence-corrected chi connectivity index (χ4v) is 4.41. The maximum absolute atomic E-state index is 13.4. The Morgan fingerprint density at radius 1 is 1.37 bits per heavy atom. The van der Waals surface area contributed by atoms with Crippen molar-refractivity contribution in [3.63, 3.8) is 0 Å². The van der Waals surface area contributed by atoms with Crippen LogP contribution in [0.15, 0.2) is 43.0 Å². The molecule has 1 aliphatic carbocycles. The van der Waals surface area contributed by atoms with E-state index < -0.39 is 10.2 Å². The third kappa shape index (κ3) is 6.49. The van der Waals surface area contributed by atoms with Gasteiger partial charge in [0.05, 0.1) is 11.8 Å². The van der Waals surface area contributed by atoms with Gasteiger partial charge >= 0.3 is 0 Å². The van der Waals surface area contributed by atoms with E-state index >= 15 is 0 Å². The molecule has 1 aromatic heterocycles. The summed E-state index contributed by atoms with van der Waals surface area (Å²) >= 11 is 0. The number of nitrogens with zero attached hydrogens (tertiary/aromatic N) is 3. The Morgan fingerprint density at radius 3 is 2.63 bits per heavy atom. The number of aromatic nitrogens is 2. The van der Waals surface area contributed by atoms with Crippen molar-refractivity contribution in [1.29, 1.82) is 5.26 Å². The third-order valence-electron chi connectivity index (χ3n) is 4.90. The predicted octanol–water partition coefficient (Wildman–Crippen LogP) is 3.72. The van der Waals surface area contributed by atoms with Crippen molar-refractivity contribution in [3.8, 4) is 17.3 Å². The van der Waals surface area contributed by atoms with E-state index in [0.29, 0.717) is 18.5 Å². The summed E-state index contributed by atoms with van der Waals surface area (Å²) in [5.41, 5.74) is 2.40. The zero-order chi connectivity index (χ0) is 22.1. The molecule has 2 aromatic rings. The normalized spacial score (nSPS) is 18.9. The van der Waals surface area contributed by atoms with Gasteiger partial charge in [0.1, 0.15) is 12.4 Å². The van der Waals surface area contributed by atoms with E-state index in [1.165, 1.54) is 19.2 Å². The molecule has 1 fully saturated rings. The van der Waals surface area contributed by atoms with Crippen molar-refractivity contribution in [1.82, 2.24) is 19.2 Å². The van der Waals surface area contributed by atoms with E-state index in [4.69, 9.17) is 5.26 Å². The van der Waals surface area contributed by atoms with Gasteiger partial charge in [-0.05, 0) is 50.8 Å². The van der Waals surface area contributed by atoms with Crippen molar-refractivity contribution < 1.29 is 12.8 Å². The van der Waals surface area contributed by atoms with E-state index in [1.54, 1.807) is 12.1 Å². The summed E-state index contributed by atoms with van der Waals surface area (Å²) in [5, 5.41) is 16.0. The van der Waals surface area contributed by atoms with Crippen LogP contribution in [0.5, 0.6) is 0 Å². The molecule has 7 nitrogen and oxygen atoms in total. The molecule has 0 amide bonds. The predicted molar refractivity (Wildman–Crippen MR) is 115 cm³/mol. The van der Waals surface area contributed by atoms with E-state index in [0.717, 1.165) is 28.4 Å². The van der Waals surface area contributed by atoms with Crippen LogP contribution in [-0.2, 0) is 10.2 Å². The fraction of sp³-hybridized carbons (Fsp3) is 0.429. The van der Waals surface area contributed by atoms with E-state index in [2.05, 4.69) is 21.5 Å². The Labute approximate surface area is 177 Å². The molecule has 0 radical (unpaired) electrons. The number of hydrogen-bond donors (Lipinski definition) is 2. The number of H-pyrrole nitrogens is 1. The molecular weight excluding hydrogens is 405 g/mol. The number of nitrogens with one attached hydrogen (secondary N) is 2. The van der Waals surface area contributed by atoms with Gasteiger partial charge in [-0.2, -0.15) is 27.8 Å². The number of rotatable bonds is 6. The fourth-order valence-electron chi connectivity index (χ4n) is 3.35. The van der Waals surface area contributed by atoms with Gasteiger partial charge in [-0.1, -0.05) is 18.2 Å². The quantitative estimate of drug-likeness (QED) is 0.535. The third-order valence-corrected chi connectivity index (χ3v) is 6.49. The lowest BCUT2D eigenvalue weighted by molar-refractivity contribution is 0.361. The van der Waals surface area contributed by atoms with Crippen LogP contribution in [0.4, 0.5) is 4.39 Å². The molecule has 3 rings (SSSR count). The second-order valence-corrected chi connectivity index (χ2v) is 9.02. The van der Waals surface area contributed by atoms with Crippen molar-refractivity contribution in [3.05, 3.63) is 54.5 Å². The van der Waals surface area contributed by atoms with Crippen molar-refractivity contribution in [2.24, 2.45) is 0 Å². The zero-order valence-corrected chi connectivity index (χ0v) is 18.1. The number of hydrogen-bond acceptors (Lipinski definition) is 4. The molecule has 0 spiro atoms. The Morgan fingerprint density at radius 2 is 2.03 bits per heavy atom. The highest BCUT2D eigenvalue weighted by Gasteiger charge is 2.28.